The number of ether oxygens (including phenoxy) is 1. The molecule has 8 heteroatoms. The van der Waals surface area contributed by atoms with Crippen molar-refractivity contribution in [2.45, 2.75) is 63.5 Å². The highest BCUT2D eigenvalue weighted by Gasteiger charge is 2.36. The summed E-state index contributed by atoms with van der Waals surface area (Å²) in [5, 5.41) is 2.48. The second-order valence-electron chi connectivity index (χ2n) is 9.84. The Kier molecular flexibility index (Phi) is 8.80. The number of nitrogens with zero attached hydrogens (tertiary/aromatic N) is 1. The molecule has 2 fully saturated rings. The topological polar surface area (TPSA) is 58.6 Å². The van der Waals surface area contributed by atoms with Gasteiger partial charge in [-0.3, -0.25) is 14.5 Å². The zero-order valence-corrected chi connectivity index (χ0v) is 20.3. The predicted molar refractivity (Wildman–Crippen MR) is 130 cm³/mol. The van der Waals surface area contributed by atoms with Crippen molar-refractivity contribution in [2.75, 3.05) is 19.6 Å². The Bertz CT molecular complexity index is 1030. The standard InChI is InChI=1S/C28H33F3N2O3/c29-28(30,31)23-10-6-9-22(16-23)27(35)32-17-24(34)15-21-13-14-33(18-21)25-11-4-5-12-26(25)36-19-20-7-2-1-3-8-20/h1-3,6-10,16,21,25-26H,4-5,11-15,17-19H2,(H,32,35)/t21?,25-,26-/m0/s1. The van der Waals surface area contributed by atoms with Crippen molar-refractivity contribution in [3.63, 3.8) is 0 Å². The van der Waals surface area contributed by atoms with E-state index in [1.807, 2.05) is 18.2 Å². The Hall–Kier alpha value is -2.71. The van der Waals surface area contributed by atoms with Crippen LogP contribution < -0.4 is 5.32 Å². The Morgan fingerprint density at radius 2 is 1.78 bits per heavy atom. The highest BCUT2D eigenvalue weighted by molar-refractivity contribution is 5.96. The van der Waals surface area contributed by atoms with Crippen LogP contribution in [-0.4, -0.2) is 48.4 Å². The first-order valence-electron chi connectivity index (χ1n) is 12.7. The van der Waals surface area contributed by atoms with Gasteiger partial charge in [0, 0.05) is 24.6 Å². The minimum atomic E-state index is -4.52. The first-order valence-corrected chi connectivity index (χ1v) is 12.7. The number of alkyl halides is 3. The number of carbonyl (C=O) groups is 2. The fourth-order valence-electron chi connectivity index (χ4n) is 5.31. The monoisotopic (exact) mass is 502 g/mol. The van der Waals surface area contributed by atoms with Crippen molar-refractivity contribution in [1.29, 1.82) is 0 Å². The molecule has 1 aliphatic carbocycles. The Labute approximate surface area is 210 Å². The van der Waals surface area contributed by atoms with E-state index in [4.69, 9.17) is 4.74 Å². The molecule has 2 aliphatic rings. The molecule has 4 rings (SSSR count). The first-order chi connectivity index (χ1) is 17.3. The van der Waals surface area contributed by atoms with E-state index in [9.17, 15) is 22.8 Å². The van der Waals surface area contributed by atoms with Crippen LogP contribution in [0.5, 0.6) is 0 Å². The van der Waals surface area contributed by atoms with Gasteiger partial charge in [0.2, 0.25) is 0 Å². The molecular formula is C28H33F3N2O3. The number of halogens is 3. The maximum atomic E-state index is 12.9. The summed E-state index contributed by atoms with van der Waals surface area (Å²) in [6.07, 6.45) is 1.39. The van der Waals surface area contributed by atoms with E-state index >= 15 is 0 Å². The third-order valence-corrected chi connectivity index (χ3v) is 7.18. The summed E-state index contributed by atoms with van der Waals surface area (Å²) in [5.74, 6) is -0.578. The van der Waals surface area contributed by atoms with Crippen molar-refractivity contribution < 1.29 is 27.5 Å². The molecule has 3 atom stereocenters. The number of carbonyl (C=O) groups excluding carboxylic acids is 2. The van der Waals surface area contributed by atoms with Crippen LogP contribution in [0.25, 0.3) is 0 Å². The summed E-state index contributed by atoms with van der Waals surface area (Å²) in [5.41, 5.74) is 0.170. The van der Waals surface area contributed by atoms with Gasteiger partial charge in [0.15, 0.2) is 5.78 Å². The van der Waals surface area contributed by atoms with Crippen molar-refractivity contribution in [3.8, 4) is 0 Å². The molecule has 1 heterocycles. The summed E-state index contributed by atoms with van der Waals surface area (Å²) in [7, 11) is 0. The number of benzene rings is 2. The predicted octanol–water partition coefficient (Wildman–Crippen LogP) is 5.24. The van der Waals surface area contributed by atoms with Gasteiger partial charge in [-0.15, -0.1) is 0 Å². The van der Waals surface area contributed by atoms with Crippen LogP contribution in [0.1, 0.15) is 60.0 Å². The molecule has 0 bridgehead atoms. The minimum absolute atomic E-state index is 0.108. The number of Topliss-reactive ketones (excluding diaryl/α,β-unsaturated/α-hetero) is 1. The number of amides is 1. The van der Waals surface area contributed by atoms with E-state index in [0.717, 1.165) is 50.9 Å². The maximum absolute atomic E-state index is 12.9. The van der Waals surface area contributed by atoms with Gasteiger partial charge in [0.1, 0.15) is 0 Å². The second kappa shape index (κ2) is 12.0. The molecular weight excluding hydrogens is 469 g/mol. The zero-order valence-electron chi connectivity index (χ0n) is 20.3. The lowest BCUT2D eigenvalue weighted by molar-refractivity contribution is -0.137. The van der Waals surface area contributed by atoms with E-state index in [1.54, 1.807) is 0 Å². The van der Waals surface area contributed by atoms with Gasteiger partial charge >= 0.3 is 6.18 Å². The van der Waals surface area contributed by atoms with Gasteiger partial charge in [-0.25, -0.2) is 0 Å². The molecule has 1 saturated heterocycles. The van der Waals surface area contributed by atoms with E-state index in [1.165, 1.54) is 24.1 Å². The summed E-state index contributed by atoms with van der Waals surface area (Å²) in [6.45, 7) is 2.16. The van der Waals surface area contributed by atoms with Crippen molar-refractivity contribution in [2.24, 2.45) is 5.92 Å². The molecule has 194 valence electrons. The van der Waals surface area contributed by atoms with Gasteiger partial charge in [0.25, 0.3) is 5.91 Å². The Balaban J connectivity index is 1.23. The summed E-state index contributed by atoms with van der Waals surface area (Å²) in [4.78, 5) is 27.3. The zero-order chi connectivity index (χ0) is 25.5. The molecule has 5 nitrogen and oxygen atoms in total. The molecule has 1 N–H and O–H groups in total. The third kappa shape index (κ3) is 7.17. The Morgan fingerprint density at radius 3 is 2.56 bits per heavy atom. The lowest BCUT2D eigenvalue weighted by Crippen LogP contribution is -2.45. The summed E-state index contributed by atoms with van der Waals surface area (Å²) in [6, 6.07) is 14.7. The third-order valence-electron chi connectivity index (χ3n) is 7.18. The molecule has 2 aromatic rings. The highest BCUT2D eigenvalue weighted by atomic mass is 19.4. The number of nitrogens with one attached hydrogen (secondary N) is 1. The van der Waals surface area contributed by atoms with Crippen molar-refractivity contribution >= 4 is 11.7 Å². The highest BCUT2D eigenvalue weighted by Crippen LogP contribution is 2.32. The smallest absolute Gasteiger partial charge is 0.372 e. The van der Waals surface area contributed by atoms with E-state index in [-0.39, 0.29) is 29.9 Å². The van der Waals surface area contributed by atoms with Gasteiger partial charge in [0.05, 0.1) is 24.8 Å². The van der Waals surface area contributed by atoms with Crippen molar-refractivity contribution in [1.82, 2.24) is 10.2 Å². The van der Waals surface area contributed by atoms with E-state index in [0.29, 0.717) is 19.1 Å². The van der Waals surface area contributed by atoms with Crippen LogP contribution in [0.2, 0.25) is 0 Å². The van der Waals surface area contributed by atoms with E-state index in [2.05, 4.69) is 22.3 Å². The fraction of sp³-hybridized carbons (Fsp3) is 0.500. The van der Waals surface area contributed by atoms with Crippen molar-refractivity contribution in [3.05, 3.63) is 71.3 Å². The molecule has 0 radical (unpaired) electrons. The van der Waals surface area contributed by atoms with Crippen LogP contribution in [0.4, 0.5) is 13.2 Å². The molecule has 1 unspecified atom stereocenters. The van der Waals surface area contributed by atoms with Gasteiger partial charge in [-0.05, 0) is 55.5 Å². The Morgan fingerprint density at radius 1 is 1.00 bits per heavy atom. The quantitative estimate of drug-likeness (QED) is 0.509. The number of rotatable bonds is 9. The van der Waals surface area contributed by atoms with Crippen LogP contribution >= 0.6 is 0 Å². The number of ketones is 1. The maximum Gasteiger partial charge on any atom is 0.416 e. The molecule has 1 amide bonds. The molecule has 2 aromatic carbocycles. The van der Waals surface area contributed by atoms with Gasteiger partial charge < -0.3 is 10.1 Å². The molecule has 0 spiro atoms. The first kappa shape index (κ1) is 26.4. The fourth-order valence-corrected chi connectivity index (χ4v) is 5.31. The van der Waals surface area contributed by atoms with Crippen LogP contribution in [0.15, 0.2) is 54.6 Å². The minimum Gasteiger partial charge on any atom is -0.372 e. The number of hydrogen-bond donors (Lipinski definition) is 1. The van der Waals surface area contributed by atoms with E-state index < -0.39 is 17.6 Å². The average molecular weight is 503 g/mol. The van der Waals surface area contributed by atoms with Gasteiger partial charge in [-0.2, -0.15) is 13.2 Å². The van der Waals surface area contributed by atoms with Crippen LogP contribution in [-0.2, 0) is 22.3 Å². The SMILES string of the molecule is O=C(CNC(=O)c1cccc(C(F)(F)F)c1)CC1CCN([C@H]2CCCC[C@@H]2OCc2ccccc2)C1. The summed E-state index contributed by atoms with van der Waals surface area (Å²) < 4.78 is 45.0. The molecule has 1 saturated carbocycles. The number of hydrogen-bond acceptors (Lipinski definition) is 4. The molecule has 1 aliphatic heterocycles. The largest absolute Gasteiger partial charge is 0.416 e. The molecule has 0 aromatic heterocycles. The number of likely N-dealkylation sites (tertiary alicyclic amines) is 1. The average Bonchev–Trinajstić information content (AvgIpc) is 3.34. The summed E-state index contributed by atoms with van der Waals surface area (Å²) >= 11 is 0. The van der Waals surface area contributed by atoms with Crippen LogP contribution in [0, 0.1) is 5.92 Å². The lowest BCUT2D eigenvalue weighted by Gasteiger charge is -2.38. The second-order valence-corrected chi connectivity index (χ2v) is 9.84. The normalized spacial score (nSPS) is 22.9. The van der Waals surface area contributed by atoms with Crippen LogP contribution in [0.3, 0.4) is 0 Å². The van der Waals surface area contributed by atoms with Gasteiger partial charge in [-0.1, -0.05) is 49.2 Å². The molecule has 36 heavy (non-hydrogen) atoms. The lowest BCUT2D eigenvalue weighted by atomic mass is 9.91.